The maximum atomic E-state index is 14.8. The first-order chi connectivity index (χ1) is 17.5. The Bertz CT molecular complexity index is 1260. The average Bonchev–Trinajstić information content (AvgIpc) is 2.85. The number of halogens is 8. The van der Waals surface area contributed by atoms with Crippen molar-refractivity contribution < 1.29 is 39.9 Å². The average molecular weight is 528 g/mol. The summed E-state index contributed by atoms with van der Waals surface area (Å²) in [5.74, 6) is -8.12. The molecule has 1 aliphatic carbocycles. The van der Waals surface area contributed by atoms with E-state index < -0.39 is 58.2 Å². The van der Waals surface area contributed by atoms with Crippen molar-refractivity contribution in [3.8, 4) is 11.1 Å². The second-order valence-electron chi connectivity index (χ2n) is 9.25. The summed E-state index contributed by atoms with van der Waals surface area (Å²) in [7, 11) is 0. The first kappa shape index (κ1) is 27.1. The van der Waals surface area contributed by atoms with E-state index in [1.165, 1.54) is 0 Å². The molecule has 0 atom stereocenters. The van der Waals surface area contributed by atoms with Gasteiger partial charge in [-0.3, -0.25) is 0 Å². The Hall–Kier alpha value is -2.94. The van der Waals surface area contributed by atoms with Crippen LogP contribution in [0.15, 0.2) is 42.5 Å². The van der Waals surface area contributed by atoms with Crippen molar-refractivity contribution in [2.24, 2.45) is 0 Å². The molecule has 0 bridgehead atoms. The molecule has 198 valence electrons. The van der Waals surface area contributed by atoms with E-state index in [1.54, 1.807) is 12.1 Å². The summed E-state index contributed by atoms with van der Waals surface area (Å²) in [6, 6.07) is 6.50. The fourth-order valence-corrected chi connectivity index (χ4v) is 4.79. The standard InChI is InChI=1S/C28H24F8O/c1-2-3-16-6-10-21(26(33)25(16)32)15-4-8-19(9-5-15)37-28(35,36)18-7-11-20(22(29)14-18)17-12-23(30)27(34)24(31)13-17/h6-7,10-15,19H,2-5,8-9H2,1H3. The van der Waals surface area contributed by atoms with Gasteiger partial charge >= 0.3 is 6.11 Å². The Labute approximate surface area is 209 Å². The largest absolute Gasteiger partial charge is 0.383 e. The minimum absolute atomic E-state index is 0.159. The highest BCUT2D eigenvalue weighted by Gasteiger charge is 2.38. The van der Waals surface area contributed by atoms with Crippen molar-refractivity contribution in [2.75, 3.05) is 0 Å². The minimum atomic E-state index is -3.88. The molecule has 37 heavy (non-hydrogen) atoms. The molecule has 0 amide bonds. The van der Waals surface area contributed by atoms with E-state index in [0.717, 1.165) is 12.1 Å². The topological polar surface area (TPSA) is 9.23 Å². The van der Waals surface area contributed by atoms with Crippen molar-refractivity contribution >= 4 is 0 Å². The van der Waals surface area contributed by atoms with Gasteiger partial charge in [0.05, 0.1) is 11.7 Å². The van der Waals surface area contributed by atoms with Crippen LogP contribution in [0.25, 0.3) is 11.1 Å². The van der Waals surface area contributed by atoms with Crippen molar-refractivity contribution in [1.82, 2.24) is 0 Å². The lowest BCUT2D eigenvalue weighted by Crippen LogP contribution is -2.29. The molecule has 0 aliphatic heterocycles. The van der Waals surface area contributed by atoms with Crippen molar-refractivity contribution in [3.05, 3.63) is 94.1 Å². The van der Waals surface area contributed by atoms with E-state index in [4.69, 9.17) is 4.74 Å². The summed E-state index contributed by atoms with van der Waals surface area (Å²) in [6.07, 6.45) is -2.77. The number of benzene rings is 3. The van der Waals surface area contributed by atoms with Crippen LogP contribution in [-0.4, -0.2) is 6.10 Å². The van der Waals surface area contributed by atoms with Gasteiger partial charge in [-0.25, -0.2) is 26.3 Å². The van der Waals surface area contributed by atoms with Gasteiger partial charge in [-0.2, -0.15) is 8.78 Å². The Balaban J connectivity index is 1.43. The molecule has 1 aliphatic rings. The molecule has 4 rings (SSSR count). The third kappa shape index (κ3) is 5.66. The van der Waals surface area contributed by atoms with Gasteiger partial charge in [0.1, 0.15) is 5.82 Å². The highest BCUT2D eigenvalue weighted by molar-refractivity contribution is 5.65. The molecule has 0 aromatic heterocycles. The summed E-state index contributed by atoms with van der Waals surface area (Å²) in [5, 5.41) is 0. The molecule has 1 saturated carbocycles. The number of hydrogen-bond acceptors (Lipinski definition) is 1. The summed E-state index contributed by atoms with van der Waals surface area (Å²) in [4.78, 5) is 0. The summed E-state index contributed by atoms with van der Waals surface area (Å²) >= 11 is 0. The van der Waals surface area contributed by atoms with Crippen LogP contribution >= 0.6 is 0 Å². The number of ether oxygens (including phenoxy) is 1. The highest BCUT2D eigenvalue weighted by Crippen LogP contribution is 2.41. The maximum Gasteiger partial charge on any atom is 0.383 e. The number of aryl methyl sites for hydroxylation is 1. The van der Waals surface area contributed by atoms with Crippen LogP contribution < -0.4 is 0 Å². The van der Waals surface area contributed by atoms with Gasteiger partial charge in [-0.05, 0) is 79.0 Å². The number of alkyl halides is 2. The smallest absolute Gasteiger partial charge is 0.313 e. The molecule has 0 spiro atoms. The van der Waals surface area contributed by atoms with Crippen LogP contribution in [0.3, 0.4) is 0 Å². The molecule has 1 fully saturated rings. The molecule has 0 heterocycles. The quantitative estimate of drug-likeness (QED) is 0.220. The van der Waals surface area contributed by atoms with Crippen LogP contribution in [-0.2, 0) is 17.3 Å². The zero-order chi connectivity index (χ0) is 26.9. The van der Waals surface area contributed by atoms with Crippen LogP contribution in [0.2, 0.25) is 0 Å². The van der Waals surface area contributed by atoms with Crippen LogP contribution in [0.5, 0.6) is 0 Å². The summed E-state index contributed by atoms with van der Waals surface area (Å²) in [5.41, 5.74) is -1.03. The highest BCUT2D eigenvalue weighted by atomic mass is 19.3. The minimum Gasteiger partial charge on any atom is -0.313 e. The lowest BCUT2D eigenvalue weighted by atomic mass is 9.82. The van der Waals surface area contributed by atoms with Crippen LogP contribution in [0.4, 0.5) is 35.1 Å². The molecule has 3 aromatic rings. The third-order valence-corrected chi connectivity index (χ3v) is 6.74. The molecule has 0 unspecified atom stereocenters. The Morgan fingerprint density at radius 1 is 0.757 bits per heavy atom. The van der Waals surface area contributed by atoms with Crippen molar-refractivity contribution in [3.63, 3.8) is 0 Å². The van der Waals surface area contributed by atoms with Gasteiger partial charge in [0.2, 0.25) is 0 Å². The first-order valence-electron chi connectivity index (χ1n) is 12.0. The molecule has 3 aromatic carbocycles. The molecule has 0 radical (unpaired) electrons. The Morgan fingerprint density at radius 2 is 1.41 bits per heavy atom. The maximum absolute atomic E-state index is 14.8. The Morgan fingerprint density at radius 3 is 2.00 bits per heavy atom. The van der Waals surface area contributed by atoms with Gasteiger partial charge in [0, 0.05) is 5.56 Å². The zero-order valence-corrected chi connectivity index (χ0v) is 19.9. The number of hydrogen-bond donors (Lipinski definition) is 0. The zero-order valence-electron chi connectivity index (χ0n) is 19.9. The van der Waals surface area contributed by atoms with E-state index in [1.807, 2.05) is 6.92 Å². The first-order valence-corrected chi connectivity index (χ1v) is 12.0. The van der Waals surface area contributed by atoms with E-state index in [2.05, 4.69) is 0 Å². The van der Waals surface area contributed by atoms with Gasteiger partial charge in [-0.1, -0.05) is 31.5 Å². The fraction of sp³-hybridized carbons (Fsp3) is 0.357. The van der Waals surface area contributed by atoms with Crippen LogP contribution in [0.1, 0.15) is 61.6 Å². The van der Waals surface area contributed by atoms with E-state index in [9.17, 15) is 35.1 Å². The molecule has 0 saturated heterocycles. The lowest BCUT2D eigenvalue weighted by molar-refractivity contribution is -0.277. The second kappa shape index (κ2) is 10.8. The molecular formula is C28H24F8O. The molecule has 1 nitrogen and oxygen atoms in total. The Kier molecular flexibility index (Phi) is 7.92. The summed E-state index contributed by atoms with van der Waals surface area (Å²) in [6.45, 7) is 1.86. The lowest BCUT2D eigenvalue weighted by Gasteiger charge is -2.31. The van der Waals surface area contributed by atoms with E-state index in [-0.39, 0.29) is 29.9 Å². The van der Waals surface area contributed by atoms with Gasteiger partial charge in [0.15, 0.2) is 29.1 Å². The van der Waals surface area contributed by atoms with E-state index in [0.29, 0.717) is 49.4 Å². The van der Waals surface area contributed by atoms with Crippen molar-refractivity contribution in [1.29, 1.82) is 0 Å². The van der Waals surface area contributed by atoms with Crippen molar-refractivity contribution in [2.45, 2.75) is 63.6 Å². The molecule has 9 heteroatoms. The van der Waals surface area contributed by atoms with Gasteiger partial charge in [-0.15, -0.1) is 0 Å². The fourth-order valence-electron chi connectivity index (χ4n) is 4.79. The second-order valence-corrected chi connectivity index (χ2v) is 9.25. The van der Waals surface area contributed by atoms with Gasteiger partial charge in [0.25, 0.3) is 0 Å². The van der Waals surface area contributed by atoms with Crippen LogP contribution in [0, 0.1) is 34.9 Å². The predicted molar refractivity (Wildman–Crippen MR) is 122 cm³/mol. The number of rotatable bonds is 7. The third-order valence-electron chi connectivity index (χ3n) is 6.74. The van der Waals surface area contributed by atoms with Gasteiger partial charge < -0.3 is 4.74 Å². The van der Waals surface area contributed by atoms with E-state index >= 15 is 0 Å². The predicted octanol–water partition coefficient (Wildman–Crippen LogP) is 8.93. The molecular weight excluding hydrogens is 504 g/mol. The molecule has 0 N–H and O–H groups in total. The monoisotopic (exact) mass is 528 g/mol. The summed E-state index contributed by atoms with van der Waals surface area (Å²) < 4.78 is 118. The SMILES string of the molecule is CCCc1ccc(C2CCC(OC(F)(F)c3ccc(-c4cc(F)c(F)c(F)c4)c(F)c3)CC2)c(F)c1F. The normalized spacial score (nSPS) is 18.3.